The Labute approximate surface area is 140 Å². The first-order valence-electron chi connectivity index (χ1n) is 6.89. The van der Waals surface area contributed by atoms with Crippen molar-refractivity contribution in [1.29, 1.82) is 0 Å². The van der Waals surface area contributed by atoms with Crippen molar-refractivity contribution in [1.82, 2.24) is 0 Å². The van der Waals surface area contributed by atoms with Gasteiger partial charge >= 0.3 is 0 Å². The van der Waals surface area contributed by atoms with E-state index in [0.717, 1.165) is 6.42 Å². The van der Waals surface area contributed by atoms with E-state index in [1.807, 2.05) is 22.7 Å². The van der Waals surface area contributed by atoms with Gasteiger partial charge in [-0.15, -0.1) is 22.7 Å². The van der Waals surface area contributed by atoms with Gasteiger partial charge in [0.1, 0.15) is 0 Å². The first-order chi connectivity index (χ1) is 10.3. The van der Waals surface area contributed by atoms with E-state index in [-0.39, 0.29) is 0 Å². The van der Waals surface area contributed by atoms with E-state index < -0.39 is 0 Å². The topological polar surface area (TPSA) is 0 Å². The largest absolute Gasteiger partial charge is 0.152 e. The minimum atomic E-state index is 1.11. The van der Waals surface area contributed by atoms with Gasteiger partial charge in [-0.1, -0.05) is 6.92 Å². The lowest BCUT2D eigenvalue weighted by Gasteiger charge is -1.99. The summed E-state index contributed by atoms with van der Waals surface area (Å²) in [5.41, 5.74) is 5.71. The minimum absolute atomic E-state index is 1.11. The van der Waals surface area contributed by atoms with E-state index in [1.54, 1.807) is 22.7 Å². The highest BCUT2D eigenvalue weighted by Crippen LogP contribution is 2.49. The highest BCUT2D eigenvalue weighted by Gasteiger charge is 2.20. The summed E-state index contributed by atoms with van der Waals surface area (Å²) in [7, 11) is 0. The third-order valence-electron chi connectivity index (χ3n) is 3.71. The fourth-order valence-electron chi connectivity index (χ4n) is 2.78. The van der Waals surface area contributed by atoms with E-state index in [9.17, 15) is 0 Å². The molecule has 0 aliphatic heterocycles. The average molecular weight is 347 g/mol. The average Bonchev–Trinajstić information content (AvgIpc) is 3.21. The van der Waals surface area contributed by atoms with Gasteiger partial charge in [0.25, 0.3) is 0 Å². The Kier molecular flexibility index (Phi) is 3.50. The zero-order valence-corrected chi connectivity index (χ0v) is 15.1. The van der Waals surface area contributed by atoms with Crippen molar-refractivity contribution in [2.24, 2.45) is 0 Å². The molecule has 0 nitrogen and oxygen atoms in total. The Morgan fingerprint density at radius 1 is 0.857 bits per heavy atom. The Morgan fingerprint density at radius 3 is 2.05 bits per heavy atom. The lowest BCUT2D eigenvalue weighted by molar-refractivity contribution is 1.19. The molecule has 0 fully saturated rings. The van der Waals surface area contributed by atoms with Crippen molar-refractivity contribution in [3.8, 4) is 22.3 Å². The molecule has 4 aromatic rings. The summed E-state index contributed by atoms with van der Waals surface area (Å²) in [4.78, 5) is 2.96. The van der Waals surface area contributed by atoms with E-state index in [1.165, 1.54) is 41.4 Å². The van der Waals surface area contributed by atoms with Gasteiger partial charge < -0.3 is 0 Å². The highest BCUT2D eigenvalue weighted by molar-refractivity contribution is 7.29. The van der Waals surface area contributed by atoms with Crippen LogP contribution in [0.2, 0.25) is 0 Å². The van der Waals surface area contributed by atoms with Crippen molar-refractivity contribution >= 4 is 54.7 Å². The van der Waals surface area contributed by atoms with Gasteiger partial charge in [-0.05, 0) is 58.1 Å². The Morgan fingerprint density at radius 2 is 1.48 bits per heavy atom. The minimum Gasteiger partial charge on any atom is -0.152 e. The van der Waals surface area contributed by atoms with E-state index >= 15 is 0 Å². The van der Waals surface area contributed by atoms with E-state index in [4.69, 9.17) is 0 Å². The summed E-state index contributed by atoms with van der Waals surface area (Å²) < 4.78 is 2.96. The predicted octanol–water partition coefficient (Wildman–Crippen LogP) is 7.29. The molecule has 0 aliphatic rings. The number of hydrogen-bond donors (Lipinski definition) is 0. The third-order valence-corrected chi connectivity index (χ3v) is 7.68. The summed E-state index contributed by atoms with van der Waals surface area (Å²) >= 11 is 7.51. The highest BCUT2D eigenvalue weighted by atomic mass is 32.1. The molecule has 21 heavy (non-hydrogen) atoms. The molecule has 0 radical (unpaired) electrons. The molecule has 0 N–H and O–H groups in total. The van der Waals surface area contributed by atoms with Crippen LogP contribution in [0.5, 0.6) is 0 Å². The van der Waals surface area contributed by atoms with Crippen LogP contribution >= 0.6 is 45.3 Å². The van der Waals surface area contributed by atoms with Crippen LogP contribution in [-0.2, 0) is 6.42 Å². The fraction of sp³-hybridized carbons (Fsp3) is 0.176. The summed E-state index contributed by atoms with van der Waals surface area (Å²) in [5.74, 6) is 0. The second-order valence-electron chi connectivity index (χ2n) is 4.97. The second-order valence-corrected chi connectivity index (χ2v) is 8.86. The SMILES string of the molecule is CCc1sc2c(-c3ccsc3)c(C)sc2c1-c1ccsc1. The summed E-state index contributed by atoms with van der Waals surface area (Å²) in [6, 6.07) is 4.50. The molecule has 0 spiro atoms. The third kappa shape index (κ3) is 2.13. The predicted molar refractivity (Wildman–Crippen MR) is 100 cm³/mol. The first-order valence-corrected chi connectivity index (χ1v) is 10.4. The number of hydrogen-bond acceptors (Lipinski definition) is 4. The smallest absolute Gasteiger partial charge is 0.0541 e. The maximum absolute atomic E-state index is 2.28. The fourth-order valence-corrected chi connectivity index (χ4v) is 6.89. The quantitative estimate of drug-likeness (QED) is 0.365. The maximum Gasteiger partial charge on any atom is 0.0541 e. The number of fused-ring (bicyclic) bond motifs is 1. The van der Waals surface area contributed by atoms with Crippen molar-refractivity contribution < 1.29 is 0 Å². The van der Waals surface area contributed by atoms with Gasteiger partial charge in [-0.25, -0.2) is 0 Å². The normalized spacial score (nSPS) is 11.5. The van der Waals surface area contributed by atoms with E-state index in [0.29, 0.717) is 0 Å². The first kappa shape index (κ1) is 13.7. The van der Waals surface area contributed by atoms with Crippen LogP contribution in [0, 0.1) is 6.92 Å². The van der Waals surface area contributed by atoms with Gasteiger partial charge in [-0.2, -0.15) is 22.7 Å². The zero-order chi connectivity index (χ0) is 14.4. The molecule has 0 unspecified atom stereocenters. The van der Waals surface area contributed by atoms with Crippen LogP contribution in [0.3, 0.4) is 0 Å². The van der Waals surface area contributed by atoms with Crippen LogP contribution < -0.4 is 0 Å². The lowest BCUT2D eigenvalue weighted by Crippen LogP contribution is -1.77. The van der Waals surface area contributed by atoms with Crippen molar-refractivity contribution in [3.63, 3.8) is 0 Å². The molecule has 0 saturated heterocycles. The zero-order valence-electron chi connectivity index (χ0n) is 11.8. The van der Waals surface area contributed by atoms with Gasteiger partial charge in [0.05, 0.1) is 9.40 Å². The molecule has 0 aromatic carbocycles. The molecule has 4 aromatic heterocycles. The second kappa shape index (κ2) is 5.36. The monoisotopic (exact) mass is 346 g/mol. The molecule has 4 rings (SSSR count). The standard InChI is InChI=1S/C17H14S4/c1-3-13-15(12-5-7-19-9-12)17-16(21-13)14(10(2)20-17)11-4-6-18-8-11/h4-9H,3H2,1-2H3. The lowest BCUT2D eigenvalue weighted by atomic mass is 10.1. The summed E-state index contributed by atoms with van der Waals surface area (Å²) in [6.07, 6.45) is 1.11. The van der Waals surface area contributed by atoms with E-state index in [2.05, 4.69) is 47.5 Å². The Hall–Kier alpha value is -0.940. The van der Waals surface area contributed by atoms with Gasteiger partial charge in [-0.3, -0.25) is 0 Å². The number of thiophene rings is 4. The van der Waals surface area contributed by atoms with Crippen LogP contribution in [0.1, 0.15) is 16.7 Å². The summed E-state index contributed by atoms with van der Waals surface area (Å²) in [5, 5.41) is 8.90. The van der Waals surface area contributed by atoms with Crippen LogP contribution in [0.15, 0.2) is 33.7 Å². The number of rotatable bonds is 3. The van der Waals surface area contributed by atoms with Crippen LogP contribution in [0.4, 0.5) is 0 Å². The molecule has 0 bridgehead atoms. The molecule has 106 valence electrons. The molecule has 0 atom stereocenters. The van der Waals surface area contributed by atoms with Crippen molar-refractivity contribution in [3.05, 3.63) is 43.4 Å². The van der Waals surface area contributed by atoms with Gasteiger partial charge in [0.15, 0.2) is 0 Å². The molecular weight excluding hydrogens is 332 g/mol. The van der Waals surface area contributed by atoms with Gasteiger partial charge in [0.2, 0.25) is 0 Å². The van der Waals surface area contributed by atoms with Crippen molar-refractivity contribution in [2.45, 2.75) is 20.3 Å². The number of aryl methyl sites for hydroxylation is 2. The maximum atomic E-state index is 2.28. The molecule has 4 heterocycles. The Bertz CT molecular complexity index is 873. The van der Waals surface area contributed by atoms with Crippen LogP contribution in [-0.4, -0.2) is 0 Å². The molecule has 0 saturated carbocycles. The molecule has 0 amide bonds. The van der Waals surface area contributed by atoms with Gasteiger partial charge in [0, 0.05) is 20.9 Å². The molecular formula is C17H14S4. The molecule has 4 heteroatoms. The van der Waals surface area contributed by atoms with Crippen LogP contribution in [0.25, 0.3) is 31.7 Å². The Balaban J connectivity index is 2.05. The summed E-state index contributed by atoms with van der Waals surface area (Å²) in [6.45, 7) is 4.52. The molecule has 0 aliphatic carbocycles. The van der Waals surface area contributed by atoms with Crippen molar-refractivity contribution in [2.75, 3.05) is 0 Å².